The zero-order chi connectivity index (χ0) is 23.9. The number of pyridine rings is 1. The van der Waals surface area contributed by atoms with Crippen molar-refractivity contribution in [1.29, 1.82) is 0 Å². The number of rotatable bonds is 5. The van der Waals surface area contributed by atoms with Crippen LogP contribution in [0, 0.1) is 5.82 Å². The lowest BCUT2D eigenvalue weighted by molar-refractivity contribution is -0.158. The number of anilines is 2. The molecule has 0 aliphatic carbocycles. The topological polar surface area (TPSA) is 81.0 Å². The SMILES string of the molecule is C[C@H](NC(=O)Cn1ccc2ccc(F)c(Nc3ccc4c(cnn4C)c3)c2c1=O)C(F)(F)F. The van der Waals surface area contributed by atoms with Gasteiger partial charge in [-0.1, -0.05) is 6.07 Å². The van der Waals surface area contributed by atoms with Crippen molar-refractivity contribution in [3.8, 4) is 0 Å². The first-order chi connectivity index (χ1) is 15.5. The van der Waals surface area contributed by atoms with Crippen LogP contribution in [-0.4, -0.2) is 32.5 Å². The van der Waals surface area contributed by atoms with Crippen LogP contribution in [0.15, 0.2) is 53.6 Å². The van der Waals surface area contributed by atoms with Crippen molar-refractivity contribution in [2.45, 2.75) is 25.7 Å². The number of alkyl halides is 3. The smallest absolute Gasteiger partial charge is 0.352 e. The molecule has 172 valence electrons. The van der Waals surface area contributed by atoms with Gasteiger partial charge >= 0.3 is 6.18 Å². The van der Waals surface area contributed by atoms with Gasteiger partial charge in [0.1, 0.15) is 18.4 Å². The molecule has 2 N–H and O–H groups in total. The standard InChI is InChI=1S/C22H19F4N5O2/c1-12(22(24,25)26)28-18(32)11-31-8-7-13-3-5-16(23)20(19(13)21(31)33)29-15-4-6-17-14(9-15)10-27-30(17)2/h3-10,12,29H,11H2,1-2H3,(H,28,32)/t12-/m0/s1. The Morgan fingerprint density at radius 3 is 2.64 bits per heavy atom. The Morgan fingerprint density at radius 2 is 1.91 bits per heavy atom. The highest BCUT2D eigenvalue weighted by atomic mass is 19.4. The Balaban J connectivity index is 1.70. The molecule has 0 bridgehead atoms. The van der Waals surface area contributed by atoms with Crippen molar-refractivity contribution in [3.63, 3.8) is 0 Å². The van der Waals surface area contributed by atoms with E-state index >= 15 is 0 Å². The van der Waals surface area contributed by atoms with Gasteiger partial charge in [0.05, 0.1) is 22.8 Å². The molecule has 1 atom stereocenters. The fourth-order valence-electron chi connectivity index (χ4n) is 3.50. The van der Waals surface area contributed by atoms with Crippen LogP contribution < -0.4 is 16.2 Å². The first kappa shape index (κ1) is 22.3. The molecule has 4 aromatic rings. The highest BCUT2D eigenvalue weighted by Gasteiger charge is 2.36. The lowest BCUT2D eigenvalue weighted by atomic mass is 10.1. The quantitative estimate of drug-likeness (QED) is 0.443. The maximum atomic E-state index is 14.8. The molecule has 0 fully saturated rings. The van der Waals surface area contributed by atoms with Crippen molar-refractivity contribution in [3.05, 3.63) is 65.0 Å². The fourth-order valence-corrected chi connectivity index (χ4v) is 3.50. The van der Waals surface area contributed by atoms with Gasteiger partial charge in [0, 0.05) is 24.3 Å². The Bertz CT molecular complexity index is 1420. The van der Waals surface area contributed by atoms with Crippen molar-refractivity contribution in [2.24, 2.45) is 7.05 Å². The number of aromatic nitrogens is 3. The molecule has 0 unspecified atom stereocenters. The largest absolute Gasteiger partial charge is 0.408 e. The van der Waals surface area contributed by atoms with Gasteiger partial charge in [0.25, 0.3) is 5.56 Å². The Hall–Kier alpha value is -3.89. The number of nitrogens with zero attached hydrogens (tertiary/aromatic N) is 3. The van der Waals surface area contributed by atoms with Gasteiger partial charge in [0.2, 0.25) is 5.91 Å². The first-order valence-corrected chi connectivity index (χ1v) is 9.91. The second-order valence-corrected chi connectivity index (χ2v) is 7.63. The van der Waals surface area contributed by atoms with Gasteiger partial charge in [0.15, 0.2) is 0 Å². The number of amides is 1. The number of carbonyl (C=O) groups excluding carboxylic acids is 1. The van der Waals surface area contributed by atoms with Crippen LogP contribution in [0.1, 0.15) is 6.92 Å². The van der Waals surface area contributed by atoms with E-state index in [0.29, 0.717) is 11.1 Å². The van der Waals surface area contributed by atoms with E-state index in [1.807, 2.05) is 5.32 Å². The molecule has 0 spiro atoms. The number of nitrogens with one attached hydrogen (secondary N) is 2. The molecule has 0 saturated carbocycles. The summed E-state index contributed by atoms with van der Waals surface area (Å²) in [5.41, 5.74) is 0.555. The van der Waals surface area contributed by atoms with Crippen LogP contribution in [-0.2, 0) is 18.4 Å². The summed E-state index contributed by atoms with van der Waals surface area (Å²) >= 11 is 0. The van der Waals surface area contributed by atoms with Crippen LogP contribution >= 0.6 is 0 Å². The third-order valence-electron chi connectivity index (χ3n) is 5.29. The zero-order valence-electron chi connectivity index (χ0n) is 17.6. The zero-order valence-corrected chi connectivity index (χ0v) is 17.6. The summed E-state index contributed by atoms with van der Waals surface area (Å²) in [6.45, 7) is 0.157. The van der Waals surface area contributed by atoms with E-state index in [9.17, 15) is 27.2 Å². The van der Waals surface area contributed by atoms with E-state index < -0.39 is 36.0 Å². The molecule has 2 aromatic carbocycles. The van der Waals surface area contributed by atoms with E-state index in [1.54, 1.807) is 36.1 Å². The summed E-state index contributed by atoms with van der Waals surface area (Å²) in [6, 6.07) is 7.28. The van der Waals surface area contributed by atoms with Gasteiger partial charge in [-0.05, 0) is 42.6 Å². The van der Waals surface area contributed by atoms with Crippen LogP contribution in [0.3, 0.4) is 0 Å². The minimum atomic E-state index is -4.61. The summed E-state index contributed by atoms with van der Waals surface area (Å²) in [5.74, 6) is -1.69. The minimum Gasteiger partial charge on any atom is -0.352 e. The van der Waals surface area contributed by atoms with Crippen LogP contribution in [0.2, 0.25) is 0 Å². The van der Waals surface area contributed by atoms with Crippen LogP contribution in [0.4, 0.5) is 28.9 Å². The van der Waals surface area contributed by atoms with E-state index in [-0.39, 0.29) is 11.1 Å². The average Bonchev–Trinajstić information content (AvgIpc) is 3.11. The molecule has 0 aliphatic rings. The molecule has 1 amide bonds. The summed E-state index contributed by atoms with van der Waals surface area (Å²) < 4.78 is 55.5. The second-order valence-electron chi connectivity index (χ2n) is 7.63. The van der Waals surface area contributed by atoms with Crippen LogP contribution in [0.25, 0.3) is 21.7 Å². The monoisotopic (exact) mass is 461 g/mol. The number of halogens is 4. The van der Waals surface area contributed by atoms with Crippen molar-refractivity contribution in [2.75, 3.05) is 5.32 Å². The molecule has 0 radical (unpaired) electrons. The van der Waals surface area contributed by atoms with Gasteiger partial charge in [-0.2, -0.15) is 18.3 Å². The van der Waals surface area contributed by atoms with Gasteiger partial charge in [-0.15, -0.1) is 0 Å². The Kier molecular flexibility index (Phi) is 5.56. The number of aryl methyl sites for hydroxylation is 1. The number of hydrogen-bond acceptors (Lipinski definition) is 4. The Labute approximate surface area is 184 Å². The third-order valence-corrected chi connectivity index (χ3v) is 5.29. The normalized spacial score (nSPS) is 12.8. The van der Waals surface area contributed by atoms with Crippen molar-refractivity contribution >= 4 is 39.0 Å². The molecule has 11 heteroatoms. The van der Waals surface area contributed by atoms with E-state index in [4.69, 9.17) is 0 Å². The molecular formula is C22H19F4N5O2. The molecule has 0 aliphatic heterocycles. The molecule has 0 saturated heterocycles. The minimum absolute atomic E-state index is 0.0274. The molecule has 4 rings (SSSR count). The summed E-state index contributed by atoms with van der Waals surface area (Å²) in [6.07, 6.45) is -1.68. The average molecular weight is 461 g/mol. The van der Waals surface area contributed by atoms with Crippen molar-refractivity contribution < 1.29 is 22.4 Å². The molecule has 33 heavy (non-hydrogen) atoms. The molecule has 2 aromatic heterocycles. The predicted molar refractivity (Wildman–Crippen MR) is 116 cm³/mol. The summed E-state index contributed by atoms with van der Waals surface area (Å²) in [5, 5.41) is 10.1. The lowest BCUT2D eigenvalue weighted by Gasteiger charge is -2.18. The maximum absolute atomic E-state index is 14.8. The highest BCUT2D eigenvalue weighted by Crippen LogP contribution is 2.29. The third kappa shape index (κ3) is 4.38. The van der Waals surface area contributed by atoms with E-state index in [0.717, 1.165) is 22.4 Å². The number of benzene rings is 2. The maximum Gasteiger partial charge on any atom is 0.408 e. The number of carbonyl (C=O) groups is 1. The lowest BCUT2D eigenvalue weighted by Crippen LogP contribution is -2.45. The fraction of sp³-hybridized carbons (Fsp3) is 0.227. The van der Waals surface area contributed by atoms with Gasteiger partial charge in [-0.25, -0.2) is 4.39 Å². The first-order valence-electron chi connectivity index (χ1n) is 9.91. The molecule has 2 heterocycles. The Morgan fingerprint density at radius 1 is 1.15 bits per heavy atom. The number of fused-ring (bicyclic) bond motifs is 2. The predicted octanol–water partition coefficient (Wildman–Crippen LogP) is 3.84. The van der Waals surface area contributed by atoms with E-state index in [2.05, 4.69) is 10.4 Å². The molecular weight excluding hydrogens is 442 g/mol. The highest BCUT2D eigenvalue weighted by molar-refractivity contribution is 5.96. The molecule has 7 nitrogen and oxygen atoms in total. The summed E-state index contributed by atoms with van der Waals surface area (Å²) in [7, 11) is 1.79. The van der Waals surface area contributed by atoms with E-state index in [1.165, 1.54) is 24.4 Å². The van der Waals surface area contributed by atoms with Crippen molar-refractivity contribution in [1.82, 2.24) is 19.7 Å². The van der Waals surface area contributed by atoms with Gasteiger partial charge < -0.3 is 15.2 Å². The number of hydrogen-bond donors (Lipinski definition) is 2. The van der Waals surface area contributed by atoms with Crippen LogP contribution in [0.5, 0.6) is 0 Å². The second kappa shape index (κ2) is 8.23. The summed E-state index contributed by atoms with van der Waals surface area (Å²) in [4.78, 5) is 25.1. The van der Waals surface area contributed by atoms with Gasteiger partial charge in [-0.3, -0.25) is 14.3 Å².